The number of rotatable bonds is 10. The third-order valence-electron chi connectivity index (χ3n) is 6.80. The molecule has 0 saturated heterocycles. The van der Waals surface area contributed by atoms with Crippen molar-refractivity contribution in [2.24, 2.45) is 0 Å². The van der Waals surface area contributed by atoms with Crippen LogP contribution >= 0.6 is 34.8 Å². The molecule has 0 amide bonds. The van der Waals surface area contributed by atoms with E-state index in [1.54, 1.807) is 60.7 Å². The summed E-state index contributed by atoms with van der Waals surface area (Å²) >= 11 is 18.4. The monoisotopic (exact) mass is 628 g/mol. The number of aryl methyl sites for hydroxylation is 1. The normalized spacial score (nSPS) is 14.0. The minimum Gasteiger partial charge on any atom is -0.493 e. The lowest BCUT2D eigenvalue weighted by Gasteiger charge is -2.24. The summed E-state index contributed by atoms with van der Waals surface area (Å²) in [6.07, 6.45) is 1.50. The van der Waals surface area contributed by atoms with Crippen LogP contribution in [0, 0.1) is 5.82 Å². The molecule has 0 aromatic heterocycles. The van der Waals surface area contributed by atoms with Gasteiger partial charge in [-0.05, 0) is 85.5 Å². The molecule has 4 aromatic rings. The van der Waals surface area contributed by atoms with E-state index in [0.717, 1.165) is 0 Å². The quantitative estimate of drug-likeness (QED) is 0.176. The highest BCUT2D eigenvalue weighted by molar-refractivity contribution is 6.42. The van der Waals surface area contributed by atoms with Crippen LogP contribution in [0.1, 0.15) is 46.7 Å². The molecule has 1 atom stereocenters. The first-order valence-corrected chi connectivity index (χ1v) is 14.2. The molecule has 216 valence electrons. The predicted molar refractivity (Wildman–Crippen MR) is 159 cm³/mol. The van der Waals surface area contributed by atoms with Gasteiger partial charge in [0.1, 0.15) is 34.6 Å². The molecule has 1 aliphatic rings. The molecular weight excluding hydrogens is 606 g/mol. The summed E-state index contributed by atoms with van der Waals surface area (Å²) in [5, 5.41) is 10.5. The third kappa shape index (κ3) is 6.98. The lowest BCUT2D eigenvalue weighted by molar-refractivity contribution is -0.139. The summed E-state index contributed by atoms with van der Waals surface area (Å²) in [7, 11) is 0. The van der Waals surface area contributed by atoms with Gasteiger partial charge in [0.25, 0.3) is 0 Å². The molecule has 10 heteroatoms. The van der Waals surface area contributed by atoms with E-state index < -0.39 is 17.7 Å². The average Bonchev–Trinajstić information content (AvgIpc) is 2.96. The Morgan fingerprint density at radius 2 is 1.60 bits per heavy atom. The van der Waals surface area contributed by atoms with Crippen molar-refractivity contribution in [2.75, 3.05) is 6.61 Å². The molecule has 42 heavy (non-hydrogen) atoms. The van der Waals surface area contributed by atoms with Gasteiger partial charge in [-0.15, -0.1) is 0 Å². The molecular formula is C32H24Cl3FO6. The summed E-state index contributed by atoms with van der Waals surface area (Å²) in [5.41, 5.74) is 1.63. The zero-order valence-corrected chi connectivity index (χ0v) is 24.3. The van der Waals surface area contributed by atoms with Gasteiger partial charge < -0.3 is 19.3 Å². The minimum atomic E-state index is -0.933. The summed E-state index contributed by atoms with van der Waals surface area (Å²) in [5.74, 6) is 0.00933. The van der Waals surface area contributed by atoms with Gasteiger partial charge in [0, 0.05) is 29.7 Å². The fourth-order valence-electron chi connectivity index (χ4n) is 4.65. The Hall–Kier alpha value is -3.78. The van der Waals surface area contributed by atoms with Crippen LogP contribution in [0.2, 0.25) is 15.1 Å². The van der Waals surface area contributed by atoms with Gasteiger partial charge in [-0.25, -0.2) is 4.39 Å². The highest BCUT2D eigenvalue weighted by Gasteiger charge is 2.29. The van der Waals surface area contributed by atoms with E-state index in [4.69, 9.17) is 49.0 Å². The van der Waals surface area contributed by atoms with Crippen LogP contribution in [0.5, 0.6) is 28.7 Å². The number of carbonyl (C=O) groups is 2. The van der Waals surface area contributed by atoms with E-state index in [1.807, 2.05) is 0 Å². The smallest absolute Gasteiger partial charge is 0.311 e. The lowest BCUT2D eigenvalue weighted by Crippen LogP contribution is -2.20. The molecule has 0 spiro atoms. The second-order valence-corrected chi connectivity index (χ2v) is 10.9. The number of Topliss-reactive ketones (excluding diaryl/α,β-unsaturated/α-hetero) is 1. The van der Waals surface area contributed by atoms with Crippen LogP contribution in [0.3, 0.4) is 0 Å². The number of ketones is 1. The van der Waals surface area contributed by atoms with Crippen LogP contribution < -0.4 is 14.2 Å². The summed E-state index contributed by atoms with van der Waals surface area (Å²) in [4.78, 5) is 24.4. The first-order chi connectivity index (χ1) is 20.2. The van der Waals surface area contributed by atoms with Crippen LogP contribution in [0.15, 0.2) is 72.8 Å². The molecule has 5 rings (SSSR count). The fraction of sp³-hybridized carbons (Fsp3) is 0.188. The Kier molecular flexibility index (Phi) is 9.21. The third-order valence-corrected chi connectivity index (χ3v) is 7.83. The molecule has 0 fully saturated rings. The topological polar surface area (TPSA) is 82.1 Å². The molecule has 1 N–H and O–H groups in total. The average molecular weight is 630 g/mol. The second-order valence-electron chi connectivity index (χ2n) is 9.68. The molecule has 4 aromatic carbocycles. The van der Waals surface area contributed by atoms with Crippen LogP contribution in [0.25, 0.3) is 0 Å². The SMILES string of the molecule is O=C(CCCc1cc(F)ccc1Oc1ccc(Cl)c(Cl)c1)c1ccc(Oc2cc3c(cc2Cl)C(C(=O)O)CCO3)cc1. The van der Waals surface area contributed by atoms with E-state index in [-0.39, 0.29) is 23.8 Å². The number of ether oxygens (including phenoxy) is 3. The van der Waals surface area contributed by atoms with E-state index in [2.05, 4.69) is 0 Å². The summed E-state index contributed by atoms with van der Waals surface area (Å²) < 4.78 is 31.4. The van der Waals surface area contributed by atoms with Gasteiger partial charge in [0.2, 0.25) is 0 Å². The molecule has 1 unspecified atom stereocenters. The fourth-order valence-corrected chi connectivity index (χ4v) is 5.15. The van der Waals surface area contributed by atoms with Crippen molar-refractivity contribution in [3.8, 4) is 28.7 Å². The van der Waals surface area contributed by atoms with Crippen LogP contribution in [-0.2, 0) is 11.2 Å². The number of aliphatic carboxylic acids is 1. The number of halogens is 4. The molecule has 0 saturated carbocycles. The van der Waals surface area contributed by atoms with Gasteiger partial charge in [-0.2, -0.15) is 0 Å². The zero-order valence-electron chi connectivity index (χ0n) is 22.0. The molecule has 1 aliphatic heterocycles. The Balaban J connectivity index is 1.20. The zero-order chi connectivity index (χ0) is 29.8. The number of hydrogen-bond donors (Lipinski definition) is 1. The van der Waals surface area contributed by atoms with Crippen molar-refractivity contribution in [2.45, 2.75) is 31.6 Å². The van der Waals surface area contributed by atoms with Gasteiger partial charge in [-0.1, -0.05) is 34.8 Å². The summed E-state index contributed by atoms with van der Waals surface area (Å²) in [6, 6.07) is 18.9. The van der Waals surface area contributed by atoms with Crippen molar-refractivity contribution < 1.29 is 33.3 Å². The van der Waals surface area contributed by atoms with E-state index in [0.29, 0.717) is 74.7 Å². The largest absolute Gasteiger partial charge is 0.493 e. The van der Waals surface area contributed by atoms with E-state index in [1.165, 1.54) is 12.1 Å². The highest BCUT2D eigenvalue weighted by atomic mass is 35.5. The van der Waals surface area contributed by atoms with Crippen molar-refractivity contribution in [3.63, 3.8) is 0 Å². The predicted octanol–water partition coefficient (Wildman–Crippen LogP) is 9.53. The lowest BCUT2D eigenvalue weighted by atomic mass is 9.93. The van der Waals surface area contributed by atoms with Crippen molar-refractivity contribution in [1.82, 2.24) is 0 Å². The summed E-state index contributed by atoms with van der Waals surface area (Å²) in [6.45, 7) is 0.284. The Morgan fingerprint density at radius 3 is 2.33 bits per heavy atom. The van der Waals surface area contributed by atoms with E-state index in [9.17, 15) is 19.1 Å². The highest BCUT2D eigenvalue weighted by Crippen LogP contribution is 2.42. The van der Waals surface area contributed by atoms with Gasteiger partial charge >= 0.3 is 5.97 Å². The van der Waals surface area contributed by atoms with Crippen molar-refractivity contribution in [1.29, 1.82) is 0 Å². The molecule has 1 heterocycles. The number of benzene rings is 4. The molecule has 0 aliphatic carbocycles. The molecule has 6 nitrogen and oxygen atoms in total. The first kappa shape index (κ1) is 29.7. The van der Waals surface area contributed by atoms with Crippen molar-refractivity contribution >= 4 is 46.6 Å². The van der Waals surface area contributed by atoms with Gasteiger partial charge in [0.15, 0.2) is 5.78 Å². The number of carboxylic acids is 1. The number of carbonyl (C=O) groups excluding carboxylic acids is 1. The first-order valence-electron chi connectivity index (χ1n) is 13.1. The van der Waals surface area contributed by atoms with Gasteiger partial charge in [0.05, 0.1) is 27.6 Å². The molecule has 0 bridgehead atoms. The molecule has 0 radical (unpaired) electrons. The van der Waals surface area contributed by atoms with Crippen LogP contribution in [0.4, 0.5) is 4.39 Å². The second kappa shape index (κ2) is 13.0. The Bertz CT molecular complexity index is 1640. The maximum absolute atomic E-state index is 14.0. The van der Waals surface area contributed by atoms with Crippen LogP contribution in [-0.4, -0.2) is 23.5 Å². The number of hydrogen-bond acceptors (Lipinski definition) is 5. The Morgan fingerprint density at radius 1 is 0.857 bits per heavy atom. The number of fused-ring (bicyclic) bond motifs is 1. The van der Waals surface area contributed by atoms with E-state index >= 15 is 0 Å². The van der Waals surface area contributed by atoms with Crippen molar-refractivity contribution in [3.05, 3.63) is 110 Å². The minimum absolute atomic E-state index is 0.0789. The maximum Gasteiger partial charge on any atom is 0.311 e. The number of carboxylic acid groups (broad SMARTS) is 1. The van der Waals surface area contributed by atoms with Gasteiger partial charge in [-0.3, -0.25) is 9.59 Å². The standard InChI is InChI=1S/C32H24Cl3FO6/c33-25-10-9-22(15-26(25)34)42-29-11-6-20(36)14-19(29)2-1-3-28(37)18-4-7-21(8-5-18)41-31-17-30-24(16-27(31)35)23(32(38)39)12-13-40-30/h4-11,14-17,23H,1-3,12-13H2,(H,38,39). The Labute approximate surface area is 256 Å². The maximum atomic E-state index is 14.0.